The summed E-state index contributed by atoms with van der Waals surface area (Å²) in [6, 6.07) is 4.35. The van der Waals surface area contributed by atoms with Crippen LogP contribution in [0.3, 0.4) is 0 Å². The van der Waals surface area contributed by atoms with Crippen molar-refractivity contribution in [2.75, 3.05) is 0 Å². The first kappa shape index (κ1) is 5.31. The van der Waals surface area contributed by atoms with Crippen molar-refractivity contribution in [2.45, 2.75) is 0 Å². The molecule has 8 heavy (non-hydrogen) atoms. The SMILES string of the molecule is NC(=O)c1[c]ccs1. The van der Waals surface area contributed by atoms with Crippen LogP contribution < -0.4 is 5.73 Å². The maximum Gasteiger partial charge on any atom is 0.259 e. The van der Waals surface area contributed by atoms with Gasteiger partial charge in [0.15, 0.2) is 0 Å². The van der Waals surface area contributed by atoms with Gasteiger partial charge in [0.05, 0.1) is 4.88 Å². The van der Waals surface area contributed by atoms with Crippen LogP contribution >= 0.6 is 11.3 Å². The van der Waals surface area contributed by atoms with Gasteiger partial charge in [0, 0.05) is 6.07 Å². The van der Waals surface area contributed by atoms with Gasteiger partial charge in [0.1, 0.15) is 0 Å². The van der Waals surface area contributed by atoms with Crippen molar-refractivity contribution in [1.82, 2.24) is 0 Å². The Bertz CT molecular complexity index is 180. The summed E-state index contributed by atoms with van der Waals surface area (Å²) >= 11 is 1.30. The lowest BCUT2D eigenvalue weighted by Gasteiger charge is -1.79. The molecule has 41 valence electrons. The zero-order chi connectivity index (χ0) is 5.98. The number of carbonyl (C=O) groups excluding carboxylic acids is 1. The Kier molecular flexibility index (Phi) is 1.30. The number of thiophene rings is 1. The molecule has 0 saturated heterocycles. The van der Waals surface area contributed by atoms with Crippen molar-refractivity contribution in [1.29, 1.82) is 0 Å². The van der Waals surface area contributed by atoms with Crippen LogP contribution in [0, 0.1) is 6.07 Å². The quantitative estimate of drug-likeness (QED) is 0.589. The van der Waals surface area contributed by atoms with Crippen LogP contribution in [-0.4, -0.2) is 5.91 Å². The molecule has 0 spiro atoms. The van der Waals surface area contributed by atoms with Gasteiger partial charge in [-0.05, 0) is 11.4 Å². The smallest absolute Gasteiger partial charge is 0.259 e. The van der Waals surface area contributed by atoms with Gasteiger partial charge in [-0.25, -0.2) is 0 Å². The van der Waals surface area contributed by atoms with Crippen molar-refractivity contribution in [3.63, 3.8) is 0 Å². The van der Waals surface area contributed by atoms with Crippen molar-refractivity contribution in [3.8, 4) is 0 Å². The minimum atomic E-state index is -0.403. The van der Waals surface area contributed by atoms with Crippen LogP contribution in [0.4, 0.5) is 0 Å². The van der Waals surface area contributed by atoms with Crippen LogP contribution in [0.2, 0.25) is 0 Å². The molecule has 3 heteroatoms. The molecule has 1 radical (unpaired) electrons. The summed E-state index contributed by atoms with van der Waals surface area (Å²) < 4.78 is 0. The highest BCUT2D eigenvalue weighted by atomic mass is 32.1. The van der Waals surface area contributed by atoms with Gasteiger partial charge in [0.2, 0.25) is 0 Å². The second-order valence-electron chi connectivity index (χ2n) is 1.26. The molecule has 1 aromatic heterocycles. The van der Waals surface area contributed by atoms with E-state index in [1.807, 2.05) is 0 Å². The van der Waals surface area contributed by atoms with E-state index in [1.165, 1.54) is 11.3 Å². The van der Waals surface area contributed by atoms with Crippen molar-refractivity contribution in [3.05, 3.63) is 22.4 Å². The molecule has 0 aliphatic heterocycles. The van der Waals surface area contributed by atoms with Gasteiger partial charge >= 0.3 is 0 Å². The summed E-state index contributed by atoms with van der Waals surface area (Å²) in [7, 11) is 0. The molecular formula is C5H4NOS. The van der Waals surface area contributed by atoms with Crippen LogP contribution in [0.15, 0.2) is 11.4 Å². The monoisotopic (exact) mass is 126 g/mol. The standard InChI is InChI=1S/C5H4NOS/c6-5(7)4-2-1-3-8-4/h1,3H,(H2,6,7). The second-order valence-corrected chi connectivity index (χ2v) is 2.17. The first-order chi connectivity index (χ1) is 3.80. The highest BCUT2D eigenvalue weighted by Gasteiger charge is 1.97. The zero-order valence-corrected chi connectivity index (χ0v) is 4.87. The summed E-state index contributed by atoms with van der Waals surface area (Å²) in [5.41, 5.74) is 4.90. The Morgan fingerprint density at radius 1 is 1.88 bits per heavy atom. The predicted octanol–water partition coefficient (Wildman–Crippen LogP) is 0.647. The number of rotatable bonds is 1. The molecule has 0 fully saturated rings. The minimum absolute atomic E-state index is 0.403. The predicted molar refractivity (Wildman–Crippen MR) is 31.7 cm³/mol. The number of hydrogen-bond donors (Lipinski definition) is 1. The molecule has 2 N–H and O–H groups in total. The Morgan fingerprint density at radius 2 is 2.62 bits per heavy atom. The zero-order valence-electron chi connectivity index (χ0n) is 4.05. The molecule has 1 heterocycles. The van der Waals surface area contributed by atoms with Crippen LogP contribution in [0.1, 0.15) is 9.67 Å². The number of primary amides is 1. The Morgan fingerprint density at radius 3 is 2.88 bits per heavy atom. The van der Waals surface area contributed by atoms with Gasteiger partial charge < -0.3 is 5.73 Å². The van der Waals surface area contributed by atoms with Crippen LogP contribution in [-0.2, 0) is 0 Å². The van der Waals surface area contributed by atoms with Gasteiger partial charge in [0.25, 0.3) is 5.91 Å². The van der Waals surface area contributed by atoms with Crippen molar-refractivity contribution >= 4 is 17.2 Å². The fourth-order valence-corrected chi connectivity index (χ4v) is 0.899. The number of amides is 1. The average molecular weight is 126 g/mol. The van der Waals surface area contributed by atoms with E-state index >= 15 is 0 Å². The fourth-order valence-electron chi connectivity index (χ4n) is 0.375. The number of carbonyl (C=O) groups is 1. The third-order valence-corrected chi connectivity index (χ3v) is 1.52. The summed E-state index contributed by atoms with van der Waals surface area (Å²) in [6.07, 6.45) is 0. The van der Waals surface area contributed by atoms with E-state index in [9.17, 15) is 4.79 Å². The lowest BCUT2D eigenvalue weighted by atomic mass is 10.5. The van der Waals surface area contributed by atoms with Gasteiger partial charge in [-0.3, -0.25) is 4.79 Å². The van der Waals surface area contributed by atoms with E-state index in [-0.39, 0.29) is 0 Å². The first-order valence-corrected chi connectivity index (χ1v) is 2.93. The molecule has 0 saturated carbocycles. The highest BCUT2D eigenvalue weighted by molar-refractivity contribution is 7.12. The molecule has 2 nitrogen and oxygen atoms in total. The topological polar surface area (TPSA) is 43.1 Å². The fraction of sp³-hybridized carbons (Fsp3) is 0. The number of nitrogens with two attached hydrogens (primary N) is 1. The van der Waals surface area contributed by atoms with Gasteiger partial charge in [-0.2, -0.15) is 0 Å². The second kappa shape index (κ2) is 1.96. The summed E-state index contributed by atoms with van der Waals surface area (Å²) in [6.45, 7) is 0. The molecule has 0 atom stereocenters. The maximum absolute atomic E-state index is 10.3. The lowest BCUT2D eigenvalue weighted by Crippen LogP contribution is -2.08. The Hall–Kier alpha value is -0.830. The number of hydrogen-bond acceptors (Lipinski definition) is 2. The maximum atomic E-state index is 10.3. The van der Waals surface area contributed by atoms with E-state index in [1.54, 1.807) is 11.4 Å². The molecule has 0 aliphatic carbocycles. The van der Waals surface area contributed by atoms with Crippen LogP contribution in [0.25, 0.3) is 0 Å². The summed E-state index contributed by atoms with van der Waals surface area (Å²) in [4.78, 5) is 10.8. The molecule has 1 rings (SSSR count). The third-order valence-electron chi connectivity index (χ3n) is 0.692. The molecule has 1 aromatic rings. The molecule has 0 aromatic carbocycles. The first-order valence-electron chi connectivity index (χ1n) is 2.05. The van der Waals surface area contributed by atoms with Crippen molar-refractivity contribution < 1.29 is 4.79 Å². The summed E-state index contributed by atoms with van der Waals surface area (Å²) in [5.74, 6) is -0.403. The normalized spacial score (nSPS) is 9.00. The van der Waals surface area contributed by atoms with Crippen molar-refractivity contribution in [2.24, 2.45) is 5.73 Å². The molecular weight excluding hydrogens is 122 g/mol. The van der Waals surface area contributed by atoms with E-state index in [2.05, 4.69) is 6.07 Å². The van der Waals surface area contributed by atoms with Gasteiger partial charge in [-0.1, -0.05) is 0 Å². The van der Waals surface area contributed by atoms with Crippen LogP contribution in [0.5, 0.6) is 0 Å². The van der Waals surface area contributed by atoms with E-state index in [0.29, 0.717) is 4.88 Å². The van der Waals surface area contributed by atoms with E-state index < -0.39 is 5.91 Å². The minimum Gasteiger partial charge on any atom is -0.365 e. The van der Waals surface area contributed by atoms with Gasteiger partial charge in [-0.15, -0.1) is 11.3 Å². The van der Waals surface area contributed by atoms with E-state index in [4.69, 9.17) is 5.73 Å². The largest absolute Gasteiger partial charge is 0.365 e. The molecule has 0 unspecified atom stereocenters. The Balaban J connectivity index is 2.93. The highest BCUT2D eigenvalue weighted by Crippen LogP contribution is 2.04. The third kappa shape index (κ3) is 0.869. The molecule has 0 aliphatic rings. The Labute approximate surface area is 50.9 Å². The van der Waals surface area contributed by atoms with E-state index in [0.717, 1.165) is 0 Å². The lowest BCUT2D eigenvalue weighted by molar-refractivity contribution is 0.100. The summed E-state index contributed by atoms with van der Waals surface area (Å²) in [5, 5.41) is 1.76. The molecule has 1 amide bonds. The average Bonchev–Trinajstić information content (AvgIpc) is 2.12. The molecule has 0 bridgehead atoms.